The smallest absolute Gasteiger partial charge is 0.328 e. The number of esters is 1. The highest BCUT2D eigenvalue weighted by Gasteiger charge is 2.23. The first kappa shape index (κ1) is 22.7. The van der Waals surface area contributed by atoms with E-state index >= 15 is 0 Å². The molecule has 1 aromatic heterocycles. The molecule has 0 bridgehead atoms. The van der Waals surface area contributed by atoms with Crippen molar-refractivity contribution in [3.8, 4) is 11.5 Å². The molecule has 9 nitrogen and oxygen atoms in total. The molecule has 3 aromatic rings. The number of fused-ring (bicyclic) bond motifs is 1. The number of para-hydroxylation sites is 1. The van der Waals surface area contributed by atoms with Gasteiger partial charge < -0.3 is 29.8 Å². The summed E-state index contributed by atoms with van der Waals surface area (Å²) in [5, 5.41) is 6.12. The van der Waals surface area contributed by atoms with E-state index in [4.69, 9.17) is 14.2 Å². The minimum absolute atomic E-state index is 0.242. The Bertz CT molecular complexity index is 1120. The summed E-state index contributed by atoms with van der Waals surface area (Å²) in [4.78, 5) is 40.2. The zero-order valence-electron chi connectivity index (χ0n) is 18.1. The SMILES string of the molecule is COC(=O)[C@@H](Cc1c[nH]c2ccccc12)NC(=O)CNC(=O)c1ccc(OC)c(OC)c1. The maximum Gasteiger partial charge on any atom is 0.328 e. The van der Waals surface area contributed by atoms with Crippen molar-refractivity contribution >= 4 is 28.7 Å². The first-order valence-electron chi connectivity index (χ1n) is 9.89. The fraction of sp³-hybridized carbons (Fsp3) is 0.261. The Hall–Kier alpha value is -4.01. The zero-order chi connectivity index (χ0) is 23.1. The van der Waals surface area contributed by atoms with Crippen LogP contribution in [0.2, 0.25) is 0 Å². The van der Waals surface area contributed by atoms with Gasteiger partial charge >= 0.3 is 5.97 Å². The number of carbonyl (C=O) groups excluding carboxylic acids is 3. The minimum Gasteiger partial charge on any atom is -0.493 e. The van der Waals surface area contributed by atoms with Crippen molar-refractivity contribution in [2.45, 2.75) is 12.5 Å². The average Bonchev–Trinajstić information content (AvgIpc) is 3.23. The minimum atomic E-state index is -0.898. The summed E-state index contributed by atoms with van der Waals surface area (Å²) in [5.41, 5.74) is 2.10. The molecule has 0 aliphatic carbocycles. The number of nitrogens with one attached hydrogen (secondary N) is 3. The van der Waals surface area contributed by atoms with Gasteiger partial charge in [-0.25, -0.2) is 4.79 Å². The fourth-order valence-electron chi connectivity index (χ4n) is 3.34. The van der Waals surface area contributed by atoms with Gasteiger partial charge in [0.25, 0.3) is 5.91 Å². The lowest BCUT2D eigenvalue weighted by atomic mass is 10.0. The van der Waals surface area contributed by atoms with E-state index < -0.39 is 23.8 Å². The monoisotopic (exact) mass is 439 g/mol. The molecule has 1 heterocycles. The molecule has 0 saturated heterocycles. The number of aromatic amines is 1. The van der Waals surface area contributed by atoms with E-state index in [1.807, 2.05) is 24.3 Å². The maximum atomic E-state index is 12.4. The van der Waals surface area contributed by atoms with Gasteiger partial charge in [-0.15, -0.1) is 0 Å². The summed E-state index contributed by atoms with van der Waals surface area (Å²) in [6.45, 7) is -0.311. The van der Waals surface area contributed by atoms with Crippen molar-refractivity contribution < 1.29 is 28.6 Å². The lowest BCUT2D eigenvalue weighted by molar-refractivity contribution is -0.144. The number of ether oxygens (including phenoxy) is 3. The van der Waals surface area contributed by atoms with Gasteiger partial charge in [0.05, 0.1) is 27.9 Å². The quantitative estimate of drug-likeness (QED) is 0.438. The predicted molar refractivity (Wildman–Crippen MR) is 118 cm³/mol. The van der Waals surface area contributed by atoms with Gasteiger partial charge in [0.15, 0.2) is 11.5 Å². The standard InChI is InChI=1S/C23H25N3O6/c1-30-19-9-8-14(11-20(19)31-2)22(28)25-13-21(27)26-18(23(29)32-3)10-15-12-24-17-7-5-4-6-16(15)17/h4-9,11-12,18,24H,10,13H2,1-3H3,(H,25,28)(H,26,27)/t18-/m1/s1. The van der Waals surface area contributed by atoms with E-state index in [1.165, 1.54) is 27.4 Å². The molecular weight excluding hydrogens is 414 g/mol. The Morgan fingerprint density at radius 1 is 1.00 bits per heavy atom. The Balaban J connectivity index is 1.63. The van der Waals surface area contributed by atoms with Crippen molar-refractivity contribution in [3.05, 3.63) is 59.8 Å². The number of hydrogen-bond donors (Lipinski definition) is 3. The number of H-pyrrole nitrogens is 1. The summed E-state index contributed by atoms with van der Waals surface area (Å²) in [6.07, 6.45) is 2.04. The lowest BCUT2D eigenvalue weighted by Crippen LogP contribution is -2.47. The topological polar surface area (TPSA) is 119 Å². The van der Waals surface area contributed by atoms with Crippen LogP contribution in [0, 0.1) is 0 Å². The highest BCUT2D eigenvalue weighted by molar-refractivity contribution is 5.97. The van der Waals surface area contributed by atoms with E-state index in [0.29, 0.717) is 17.1 Å². The van der Waals surface area contributed by atoms with Crippen LogP contribution in [0.15, 0.2) is 48.7 Å². The molecular formula is C23H25N3O6. The van der Waals surface area contributed by atoms with Gasteiger partial charge in [-0.05, 0) is 29.8 Å². The van der Waals surface area contributed by atoms with Crippen LogP contribution in [0.4, 0.5) is 0 Å². The number of amides is 2. The molecule has 0 fully saturated rings. The molecule has 0 aliphatic rings. The normalized spacial score (nSPS) is 11.5. The fourth-order valence-corrected chi connectivity index (χ4v) is 3.34. The Morgan fingerprint density at radius 2 is 1.75 bits per heavy atom. The van der Waals surface area contributed by atoms with Crippen molar-refractivity contribution in [2.75, 3.05) is 27.9 Å². The first-order chi connectivity index (χ1) is 15.5. The molecule has 3 rings (SSSR count). The molecule has 2 amide bonds. The van der Waals surface area contributed by atoms with E-state index in [1.54, 1.807) is 18.3 Å². The summed E-state index contributed by atoms with van der Waals surface area (Å²) in [5.74, 6) is -0.676. The van der Waals surface area contributed by atoms with Crippen LogP contribution in [0.5, 0.6) is 11.5 Å². The van der Waals surface area contributed by atoms with Crippen LogP contribution < -0.4 is 20.1 Å². The van der Waals surface area contributed by atoms with Crippen LogP contribution >= 0.6 is 0 Å². The van der Waals surface area contributed by atoms with Gasteiger partial charge in [-0.2, -0.15) is 0 Å². The van der Waals surface area contributed by atoms with Crippen LogP contribution in [0.1, 0.15) is 15.9 Å². The zero-order valence-corrected chi connectivity index (χ0v) is 18.1. The highest BCUT2D eigenvalue weighted by atomic mass is 16.5. The van der Waals surface area contributed by atoms with Crippen LogP contribution in [0.3, 0.4) is 0 Å². The Labute approximate surface area is 185 Å². The summed E-state index contributed by atoms with van der Waals surface area (Å²) in [6, 6.07) is 11.4. The molecule has 0 saturated carbocycles. The number of hydrogen-bond acceptors (Lipinski definition) is 6. The third kappa shape index (κ3) is 5.18. The highest BCUT2D eigenvalue weighted by Crippen LogP contribution is 2.27. The molecule has 9 heteroatoms. The summed E-state index contributed by atoms with van der Waals surface area (Å²) < 4.78 is 15.2. The van der Waals surface area contributed by atoms with Crippen molar-refractivity contribution in [2.24, 2.45) is 0 Å². The second-order valence-electron chi connectivity index (χ2n) is 6.96. The van der Waals surface area contributed by atoms with Gasteiger partial charge in [0.2, 0.25) is 5.91 Å². The number of benzene rings is 2. The number of carbonyl (C=O) groups is 3. The third-order valence-electron chi connectivity index (χ3n) is 4.98. The van der Waals surface area contributed by atoms with Crippen molar-refractivity contribution in [1.29, 1.82) is 0 Å². The molecule has 0 spiro atoms. The summed E-state index contributed by atoms with van der Waals surface area (Å²) in [7, 11) is 4.22. The molecule has 168 valence electrons. The van der Waals surface area contributed by atoms with Gasteiger partial charge in [0.1, 0.15) is 6.04 Å². The Morgan fingerprint density at radius 3 is 2.47 bits per heavy atom. The van der Waals surface area contributed by atoms with Crippen LogP contribution in [0.25, 0.3) is 10.9 Å². The van der Waals surface area contributed by atoms with Gasteiger partial charge in [0, 0.05) is 29.1 Å². The van der Waals surface area contributed by atoms with Crippen LogP contribution in [-0.2, 0) is 20.7 Å². The predicted octanol–water partition coefficient (Wildman–Crippen LogP) is 1.82. The van der Waals surface area contributed by atoms with E-state index in [2.05, 4.69) is 15.6 Å². The number of methoxy groups -OCH3 is 3. The van der Waals surface area contributed by atoms with Crippen molar-refractivity contribution in [3.63, 3.8) is 0 Å². The maximum absolute atomic E-state index is 12.4. The van der Waals surface area contributed by atoms with E-state index in [-0.39, 0.29) is 13.0 Å². The van der Waals surface area contributed by atoms with Gasteiger partial charge in [-0.1, -0.05) is 18.2 Å². The average molecular weight is 439 g/mol. The number of aromatic nitrogens is 1. The third-order valence-corrected chi connectivity index (χ3v) is 4.98. The van der Waals surface area contributed by atoms with E-state index in [9.17, 15) is 14.4 Å². The molecule has 3 N–H and O–H groups in total. The second kappa shape index (κ2) is 10.3. The largest absolute Gasteiger partial charge is 0.493 e. The first-order valence-corrected chi connectivity index (χ1v) is 9.89. The van der Waals surface area contributed by atoms with Crippen LogP contribution in [-0.4, -0.2) is 56.7 Å². The Kier molecular flexibility index (Phi) is 7.33. The molecule has 0 aliphatic heterocycles. The molecule has 2 aromatic carbocycles. The number of rotatable bonds is 9. The molecule has 0 unspecified atom stereocenters. The molecule has 1 atom stereocenters. The van der Waals surface area contributed by atoms with Gasteiger partial charge in [-0.3, -0.25) is 9.59 Å². The van der Waals surface area contributed by atoms with E-state index in [0.717, 1.165) is 16.5 Å². The lowest BCUT2D eigenvalue weighted by Gasteiger charge is -2.16. The molecule has 0 radical (unpaired) electrons. The van der Waals surface area contributed by atoms with Crippen molar-refractivity contribution in [1.82, 2.24) is 15.6 Å². The second-order valence-corrected chi connectivity index (χ2v) is 6.96. The molecule has 32 heavy (non-hydrogen) atoms. The summed E-state index contributed by atoms with van der Waals surface area (Å²) >= 11 is 0.